The minimum Gasteiger partial charge on any atom is -0.493 e. The molecule has 2 rings (SSSR count). The van der Waals surface area contributed by atoms with Gasteiger partial charge in [0.1, 0.15) is 0 Å². The topological polar surface area (TPSA) is 117 Å². The number of methoxy groups -OCH3 is 2. The molecular formula is C20H20N2O6. The van der Waals surface area contributed by atoms with E-state index in [2.05, 4.69) is 5.32 Å². The van der Waals surface area contributed by atoms with Gasteiger partial charge in [0.2, 0.25) is 5.91 Å². The molecule has 0 aliphatic rings. The summed E-state index contributed by atoms with van der Waals surface area (Å²) in [6.07, 6.45) is 2.74. The highest BCUT2D eigenvalue weighted by molar-refractivity contribution is 5.96. The third kappa shape index (κ3) is 5.87. The summed E-state index contributed by atoms with van der Waals surface area (Å²) in [6, 6.07) is 11.2. The van der Waals surface area contributed by atoms with Crippen LogP contribution >= 0.6 is 0 Å². The lowest BCUT2D eigenvalue weighted by atomic mass is 10.2. The van der Waals surface area contributed by atoms with E-state index in [1.807, 2.05) is 0 Å². The van der Waals surface area contributed by atoms with Gasteiger partial charge in [-0.15, -0.1) is 0 Å². The summed E-state index contributed by atoms with van der Waals surface area (Å²) in [7, 11) is 3.04. The van der Waals surface area contributed by atoms with Crippen LogP contribution in [0.1, 0.15) is 15.9 Å². The van der Waals surface area contributed by atoms with Crippen molar-refractivity contribution in [1.29, 1.82) is 0 Å². The molecule has 0 heterocycles. The SMILES string of the molecule is COc1ccc(/C=C/C(=O)OCC(=O)Nc2ccc(C(N)=O)cc2)cc1OC. The lowest BCUT2D eigenvalue weighted by molar-refractivity contribution is -0.142. The summed E-state index contributed by atoms with van der Waals surface area (Å²) in [5, 5.41) is 2.54. The first-order chi connectivity index (χ1) is 13.4. The Morgan fingerprint density at radius 2 is 1.68 bits per heavy atom. The van der Waals surface area contributed by atoms with Crippen molar-refractivity contribution in [1.82, 2.24) is 0 Å². The fourth-order valence-corrected chi connectivity index (χ4v) is 2.22. The van der Waals surface area contributed by atoms with E-state index in [-0.39, 0.29) is 0 Å². The minimum absolute atomic E-state index is 0.324. The van der Waals surface area contributed by atoms with Gasteiger partial charge in [-0.1, -0.05) is 6.07 Å². The van der Waals surface area contributed by atoms with Crippen LogP contribution in [0, 0.1) is 0 Å². The van der Waals surface area contributed by atoms with Crippen LogP contribution in [0.5, 0.6) is 11.5 Å². The number of anilines is 1. The molecule has 0 saturated heterocycles. The predicted octanol–water partition coefficient (Wildman–Crippen LogP) is 2.00. The van der Waals surface area contributed by atoms with Crippen molar-refractivity contribution >= 4 is 29.5 Å². The number of primary amides is 1. The van der Waals surface area contributed by atoms with Crippen LogP contribution in [0.3, 0.4) is 0 Å². The lowest BCUT2D eigenvalue weighted by Crippen LogP contribution is -2.20. The number of ether oxygens (including phenoxy) is 3. The highest BCUT2D eigenvalue weighted by Crippen LogP contribution is 2.27. The Labute approximate surface area is 161 Å². The number of carbonyl (C=O) groups is 3. The zero-order valence-electron chi connectivity index (χ0n) is 15.4. The molecule has 0 atom stereocenters. The molecule has 8 heteroatoms. The van der Waals surface area contributed by atoms with Gasteiger partial charge in [-0.05, 0) is 48.0 Å². The van der Waals surface area contributed by atoms with Gasteiger partial charge < -0.3 is 25.3 Å². The first-order valence-corrected chi connectivity index (χ1v) is 8.19. The third-order valence-electron chi connectivity index (χ3n) is 3.62. The van der Waals surface area contributed by atoms with Gasteiger partial charge in [0.15, 0.2) is 18.1 Å². The molecule has 0 radical (unpaired) electrons. The van der Waals surface area contributed by atoms with E-state index in [1.54, 1.807) is 18.2 Å². The molecule has 2 aromatic carbocycles. The zero-order chi connectivity index (χ0) is 20.5. The molecule has 0 bridgehead atoms. The summed E-state index contributed by atoms with van der Waals surface area (Å²) < 4.78 is 15.2. The molecule has 0 aliphatic carbocycles. The number of esters is 1. The fourth-order valence-electron chi connectivity index (χ4n) is 2.22. The number of nitrogens with one attached hydrogen (secondary N) is 1. The minimum atomic E-state index is -0.672. The number of hydrogen-bond acceptors (Lipinski definition) is 6. The second-order valence-corrected chi connectivity index (χ2v) is 5.55. The number of amides is 2. The van der Waals surface area contributed by atoms with E-state index in [0.717, 1.165) is 0 Å². The van der Waals surface area contributed by atoms with Gasteiger partial charge in [0, 0.05) is 17.3 Å². The Morgan fingerprint density at radius 3 is 2.29 bits per heavy atom. The summed E-state index contributed by atoms with van der Waals surface area (Å²) in [6.45, 7) is -0.452. The zero-order valence-corrected chi connectivity index (χ0v) is 15.4. The second kappa shape index (κ2) is 9.77. The van der Waals surface area contributed by atoms with E-state index >= 15 is 0 Å². The van der Waals surface area contributed by atoms with Gasteiger partial charge >= 0.3 is 5.97 Å². The van der Waals surface area contributed by atoms with Crippen molar-refractivity contribution in [3.8, 4) is 11.5 Å². The molecule has 3 N–H and O–H groups in total. The Hall–Kier alpha value is -3.81. The summed E-state index contributed by atoms with van der Waals surface area (Å²) in [5.74, 6) is -0.649. The smallest absolute Gasteiger partial charge is 0.331 e. The molecule has 28 heavy (non-hydrogen) atoms. The number of carbonyl (C=O) groups excluding carboxylic acids is 3. The monoisotopic (exact) mass is 384 g/mol. The molecule has 0 aliphatic heterocycles. The number of nitrogens with two attached hydrogens (primary N) is 1. The van der Waals surface area contributed by atoms with Crippen molar-refractivity contribution < 1.29 is 28.6 Å². The molecule has 146 valence electrons. The Morgan fingerprint density at radius 1 is 1.00 bits per heavy atom. The lowest BCUT2D eigenvalue weighted by Gasteiger charge is -2.07. The van der Waals surface area contributed by atoms with Crippen LogP contribution in [0.2, 0.25) is 0 Å². The van der Waals surface area contributed by atoms with E-state index in [9.17, 15) is 14.4 Å². The largest absolute Gasteiger partial charge is 0.493 e. The van der Waals surface area contributed by atoms with Crippen LogP contribution in [-0.2, 0) is 14.3 Å². The van der Waals surface area contributed by atoms with Gasteiger partial charge in [0.05, 0.1) is 14.2 Å². The van der Waals surface area contributed by atoms with Crippen LogP contribution in [0.15, 0.2) is 48.5 Å². The average Bonchev–Trinajstić information content (AvgIpc) is 2.70. The van der Waals surface area contributed by atoms with Gasteiger partial charge in [0.25, 0.3) is 5.91 Å². The van der Waals surface area contributed by atoms with Gasteiger partial charge in [-0.25, -0.2) is 4.79 Å². The fraction of sp³-hybridized carbons (Fsp3) is 0.150. The van der Waals surface area contributed by atoms with Crippen molar-refractivity contribution in [2.45, 2.75) is 0 Å². The Kier molecular flexibility index (Phi) is 7.15. The maximum Gasteiger partial charge on any atom is 0.331 e. The Balaban J connectivity index is 1.85. The van der Waals surface area contributed by atoms with Gasteiger partial charge in [-0.2, -0.15) is 0 Å². The first-order valence-electron chi connectivity index (χ1n) is 8.19. The van der Waals surface area contributed by atoms with E-state index in [0.29, 0.717) is 28.3 Å². The Bertz CT molecular complexity index is 890. The van der Waals surface area contributed by atoms with E-state index in [1.165, 1.54) is 50.6 Å². The summed E-state index contributed by atoms with van der Waals surface area (Å²) >= 11 is 0. The van der Waals surface area contributed by atoms with E-state index in [4.69, 9.17) is 19.9 Å². The van der Waals surface area contributed by atoms with Crippen molar-refractivity contribution in [2.24, 2.45) is 5.73 Å². The third-order valence-corrected chi connectivity index (χ3v) is 3.62. The van der Waals surface area contributed by atoms with Crippen LogP contribution in [0.25, 0.3) is 6.08 Å². The van der Waals surface area contributed by atoms with Crippen LogP contribution in [-0.4, -0.2) is 38.6 Å². The summed E-state index contributed by atoms with van der Waals surface area (Å²) in [4.78, 5) is 34.6. The number of hydrogen-bond donors (Lipinski definition) is 2. The van der Waals surface area contributed by atoms with Crippen molar-refractivity contribution in [2.75, 3.05) is 26.1 Å². The molecule has 2 aromatic rings. The molecule has 0 spiro atoms. The highest BCUT2D eigenvalue weighted by Gasteiger charge is 2.07. The average molecular weight is 384 g/mol. The van der Waals surface area contributed by atoms with Crippen LogP contribution < -0.4 is 20.5 Å². The first kappa shape index (κ1) is 20.5. The quantitative estimate of drug-likeness (QED) is 0.531. The molecule has 0 unspecified atom stereocenters. The summed E-state index contributed by atoms with van der Waals surface area (Å²) in [5.41, 5.74) is 6.62. The molecule has 2 amide bonds. The molecule has 0 fully saturated rings. The maximum absolute atomic E-state index is 11.8. The second-order valence-electron chi connectivity index (χ2n) is 5.55. The highest BCUT2D eigenvalue weighted by atomic mass is 16.5. The standard InChI is InChI=1S/C20H20N2O6/c1-26-16-9-3-13(11-17(16)27-2)4-10-19(24)28-12-18(23)22-15-7-5-14(6-8-15)20(21)25/h3-11H,12H2,1-2H3,(H2,21,25)(H,22,23)/b10-4+. The van der Waals surface area contributed by atoms with Gasteiger partial charge in [-0.3, -0.25) is 9.59 Å². The molecule has 0 aromatic heterocycles. The molecular weight excluding hydrogens is 364 g/mol. The predicted molar refractivity (Wildman–Crippen MR) is 103 cm³/mol. The van der Waals surface area contributed by atoms with Crippen molar-refractivity contribution in [3.05, 3.63) is 59.7 Å². The normalized spacial score (nSPS) is 10.4. The number of rotatable bonds is 8. The van der Waals surface area contributed by atoms with Crippen LogP contribution in [0.4, 0.5) is 5.69 Å². The molecule has 0 saturated carbocycles. The van der Waals surface area contributed by atoms with E-state index < -0.39 is 24.4 Å². The number of benzene rings is 2. The van der Waals surface area contributed by atoms with Crippen molar-refractivity contribution in [3.63, 3.8) is 0 Å². The molecule has 8 nitrogen and oxygen atoms in total. The maximum atomic E-state index is 11.8.